The van der Waals surface area contributed by atoms with Gasteiger partial charge < -0.3 is 14.8 Å². The summed E-state index contributed by atoms with van der Waals surface area (Å²) in [6.45, 7) is 8.43. The van der Waals surface area contributed by atoms with Gasteiger partial charge in [-0.2, -0.15) is 4.80 Å². The number of carbonyl (C=O) groups excluding carboxylic acids is 1. The van der Waals surface area contributed by atoms with Crippen LogP contribution < -0.4 is 14.8 Å². The summed E-state index contributed by atoms with van der Waals surface area (Å²) in [5, 5.41) is 12.1. The summed E-state index contributed by atoms with van der Waals surface area (Å²) in [6, 6.07) is 18.5. The summed E-state index contributed by atoms with van der Waals surface area (Å²) >= 11 is 0. The molecule has 0 radical (unpaired) electrons. The van der Waals surface area contributed by atoms with E-state index in [1.54, 1.807) is 29.1 Å². The van der Waals surface area contributed by atoms with Gasteiger partial charge in [0.15, 0.2) is 0 Å². The molecule has 0 atom stereocenters. The Hall–Kier alpha value is -3.87. The molecular weight excluding hydrogens is 404 g/mol. The molecule has 7 heteroatoms. The van der Waals surface area contributed by atoms with Gasteiger partial charge >= 0.3 is 0 Å². The molecule has 1 N–H and O–H groups in total. The van der Waals surface area contributed by atoms with Crippen LogP contribution in [0.2, 0.25) is 0 Å². The number of rotatable bonds is 7. The largest absolute Gasteiger partial charge is 0.494 e. The van der Waals surface area contributed by atoms with Crippen LogP contribution >= 0.6 is 0 Å². The first-order chi connectivity index (χ1) is 15.4. The number of anilines is 1. The molecule has 3 aromatic carbocycles. The molecule has 164 valence electrons. The number of nitrogens with zero attached hydrogens (tertiary/aromatic N) is 3. The van der Waals surface area contributed by atoms with Gasteiger partial charge in [0.25, 0.3) is 5.91 Å². The lowest BCUT2D eigenvalue weighted by molar-refractivity contribution is 0.102. The van der Waals surface area contributed by atoms with Crippen LogP contribution in [0.3, 0.4) is 0 Å². The minimum absolute atomic E-state index is 0.0834. The van der Waals surface area contributed by atoms with Crippen molar-refractivity contribution >= 4 is 22.6 Å². The van der Waals surface area contributed by atoms with Crippen molar-refractivity contribution in [3.63, 3.8) is 0 Å². The number of nitrogens with one attached hydrogen (secondary N) is 1. The van der Waals surface area contributed by atoms with E-state index in [0.29, 0.717) is 23.4 Å². The van der Waals surface area contributed by atoms with E-state index in [-0.39, 0.29) is 12.0 Å². The Balaban J connectivity index is 1.54. The van der Waals surface area contributed by atoms with Gasteiger partial charge in [0, 0.05) is 11.3 Å². The first-order valence-corrected chi connectivity index (χ1v) is 10.6. The average molecular weight is 431 g/mol. The van der Waals surface area contributed by atoms with Crippen molar-refractivity contribution in [2.45, 2.75) is 33.8 Å². The normalized spacial score (nSPS) is 11.0. The van der Waals surface area contributed by atoms with E-state index in [1.807, 2.05) is 64.1 Å². The van der Waals surface area contributed by atoms with Gasteiger partial charge in [-0.1, -0.05) is 0 Å². The number of ether oxygens (including phenoxy) is 2. The molecule has 1 aromatic heterocycles. The van der Waals surface area contributed by atoms with E-state index in [0.717, 1.165) is 28.3 Å². The second kappa shape index (κ2) is 9.09. The lowest BCUT2D eigenvalue weighted by atomic mass is 10.1. The van der Waals surface area contributed by atoms with E-state index < -0.39 is 0 Å². The molecule has 7 nitrogen and oxygen atoms in total. The molecule has 0 unspecified atom stereocenters. The molecule has 0 spiro atoms. The van der Waals surface area contributed by atoms with Crippen molar-refractivity contribution in [1.82, 2.24) is 15.0 Å². The fourth-order valence-electron chi connectivity index (χ4n) is 3.31. The number of benzene rings is 3. The molecule has 32 heavy (non-hydrogen) atoms. The maximum absolute atomic E-state index is 12.7. The highest BCUT2D eigenvalue weighted by atomic mass is 16.5. The van der Waals surface area contributed by atoms with Crippen molar-refractivity contribution in [3.8, 4) is 17.2 Å². The monoisotopic (exact) mass is 430 g/mol. The van der Waals surface area contributed by atoms with Gasteiger partial charge in [-0.05, 0) is 93.9 Å². The highest BCUT2D eigenvalue weighted by Gasteiger charge is 2.12. The summed E-state index contributed by atoms with van der Waals surface area (Å²) in [4.78, 5) is 14.3. The van der Waals surface area contributed by atoms with Crippen molar-refractivity contribution in [3.05, 3.63) is 71.8 Å². The van der Waals surface area contributed by atoms with Gasteiger partial charge in [-0.25, -0.2) is 0 Å². The van der Waals surface area contributed by atoms with Crippen molar-refractivity contribution < 1.29 is 14.3 Å². The second-order valence-electron chi connectivity index (χ2n) is 7.72. The Morgan fingerprint density at radius 1 is 0.969 bits per heavy atom. The van der Waals surface area contributed by atoms with Crippen LogP contribution in [0.25, 0.3) is 16.7 Å². The summed E-state index contributed by atoms with van der Waals surface area (Å²) in [7, 11) is 0. The maximum Gasteiger partial charge on any atom is 0.255 e. The van der Waals surface area contributed by atoms with Crippen LogP contribution in [-0.4, -0.2) is 33.6 Å². The average Bonchev–Trinajstić information content (AvgIpc) is 3.17. The van der Waals surface area contributed by atoms with Gasteiger partial charge in [0.05, 0.1) is 18.4 Å². The zero-order valence-corrected chi connectivity index (χ0v) is 18.6. The third-order valence-electron chi connectivity index (χ3n) is 4.84. The lowest BCUT2D eigenvalue weighted by Gasteiger charge is -2.11. The number of carbonyl (C=O) groups is 1. The number of fused-ring (bicyclic) bond motifs is 1. The van der Waals surface area contributed by atoms with E-state index in [1.165, 1.54) is 0 Å². The number of hydrogen-bond donors (Lipinski definition) is 1. The Kier molecular flexibility index (Phi) is 6.07. The first-order valence-electron chi connectivity index (χ1n) is 10.6. The Labute approximate surface area is 187 Å². The van der Waals surface area contributed by atoms with E-state index in [9.17, 15) is 4.79 Å². The molecule has 4 aromatic rings. The van der Waals surface area contributed by atoms with Gasteiger partial charge in [0.1, 0.15) is 22.5 Å². The van der Waals surface area contributed by atoms with Crippen LogP contribution in [0.1, 0.15) is 36.7 Å². The second-order valence-corrected chi connectivity index (χ2v) is 7.72. The van der Waals surface area contributed by atoms with Crippen LogP contribution in [-0.2, 0) is 0 Å². The highest BCUT2D eigenvalue weighted by Crippen LogP contribution is 2.24. The molecule has 0 saturated heterocycles. The third kappa shape index (κ3) is 4.72. The smallest absolute Gasteiger partial charge is 0.255 e. The zero-order chi connectivity index (χ0) is 22.7. The molecule has 0 bridgehead atoms. The lowest BCUT2D eigenvalue weighted by Crippen LogP contribution is -2.13. The molecule has 0 aliphatic heterocycles. The molecule has 1 heterocycles. The van der Waals surface area contributed by atoms with Crippen molar-refractivity contribution in [1.29, 1.82) is 0 Å². The number of amides is 1. The summed E-state index contributed by atoms with van der Waals surface area (Å²) in [5.41, 5.74) is 4.44. The van der Waals surface area contributed by atoms with Gasteiger partial charge in [-0.3, -0.25) is 4.79 Å². The Bertz CT molecular complexity index is 1230. The molecule has 0 fully saturated rings. The Morgan fingerprint density at radius 3 is 2.22 bits per heavy atom. The minimum atomic E-state index is -0.192. The fourth-order valence-corrected chi connectivity index (χ4v) is 3.31. The van der Waals surface area contributed by atoms with Crippen LogP contribution in [0.4, 0.5) is 5.69 Å². The minimum Gasteiger partial charge on any atom is -0.494 e. The topological polar surface area (TPSA) is 78.3 Å². The molecular formula is C25H26N4O3. The summed E-state index contributed by atoms with van der Waals surface area (Å²) in [5.74, 6) is 1.35. The quantitative estimate of drug-likeness (QED) is 0.438. The summed E-state index contributed by atoms with van der Waals surface area (Å²) in [6.07, 6.45) is 0.0834. The zero-order valence-electron chi connectivity index (χ0n) is 18.6. The molecule has 0 saturated carbocycles. The molecule has 0 aliphatic rings. The van der Waals surface area contributed by atoms with E-state index in [2.05, 4.69) is 15.5 Å². The predicted molar refractivity (Wildman–Crippen MR) is 125 cm³/mol. The van der Waals surface area contributed by atoms with E-state index in [4.69, 9.17) is 9.47 Å². The standard InChI is InChI=1S/C25H26N4O3/c1-5-31-20-12-8-19(9-13-20)29-27-23-14-17(4)22(15-24(23)28-29)26-25(30)18-6-10-21(11-7-18)32-16(2)3/h6-16H,5H2,1-4H3,(H,26,30). The number of aryl methyl sites for hydroxylation is 1. The van der Waals surface area contributed by atoms with Gasteiger partial charge in [-0.15, -0.1) is 10.2 Å². The predicted octanol–water partition coefficient (Wildman–Crippen LogP) is 5.17. The number of aromatic nitrogens is 3. The van der Waals surface area contributed by atoms with Crippen LogP contribution in [0.5, 0.6) is 11.5 Å². The van der Waals surface area contributed by atoms with Crippen molar-refractivity contribution in [2.75, 3.05) is 11.9 Å². The van der Waals surface area contributed by atoms with Crippen LogP contribution in [0, 0.1) is 6.92 Å². The molecule has 1 amide bonds. The van der Waals surface area contributed by atoms with E-state index >= 15 is 0 Å². The summed E-state index contributed by atoms with van der Waals surface area (Å²) < 4.78 is 11.1. The third-order valence-corrected chi connectivity index (χ3v) is 4.84. The van der Waals surface area contributed by atoms with Gasteiger partial charge in [0.2, 0.25) is 0 Å². The molecule has 0 aliphatic carbocycles. The maximum atomic E-state index is 12.7. The Morgan fingerprint density at radius 2 is 1.59 bits per heavy atom. The first kappa shape index (κ1) is 21.4. The highest BCUT2D eigenvalue weighted by molar-refractivity contribution is 6.05. The number of hydrogen-bond acceptors (Lipinski definition) is 5. The SMILES string of the molecule is CCOc1ccc(-n2nc3cc(C)c(NC(=O)c4ccc(OC(C)C)cc4)cc3n2)cc1. The van der Waals surface area contributed by atoms with Crippen LogP contribution in [0.15, 0.2) is 60.7 Å². The fraction of sp³-hybridized carbons (Fsp3) is 0.240. The van der Waals surface area contributed by atoms with Crippen molar-refractivity contribution in [2.24, 2.45) is 0 Å². The molecule has 4 rings (SSSR count).